The Morgan fingerprint density at radius 3 is 2.40 bits per heavy atom. The van der Waals surface area contributed by atoms with Crippen molar-refractivity contribution in [1.29, 1.82) is 0 Å². The van der Waals surface area contributed by atoms with Crippen molar-refractivity contribution in [3.8, 4) is 0 Å². The molecule has 0 radical (unpaired) electrons. The molecule has 1 aliphatic rings. The van der Waals surface area contributed by atoms with Crippen LogP contribution in [0.25, 0.3) is 10.9 Å². The van der Waals surface area contributed by atoms with Gasteiger partial charge in [0.15, 0.2) is 5.78 Å². The summed E-state index contributed by atoms with van der Waals surface area (Å²) in [5.74, 6) is -0.534. The van der Waals surface area contributed by atoms with Gasteiger partial charge in [-0.25, -0.2) is 13.4 Å². The van der Waals surface area contributed by atoms with Gasteiger partial charge in [-0.15, -0.1) is 0 Å². The average Bonchev–Trinajstić information content (AvgIpc) is 2.85. The molecule has 2 heterocycles. The summed E-state index contributed by atoms with van der Waals surface area (Å²) in [6, 6.07) is 16.8. The first-order valence-electron chi connectivity index (χ1n) is 11.0. The minimum Gasteiger partial charge on any atom is -0.329 e. The SMILES string of the molecule is CC(C)N(Cc1nc2ccccc2c(=O)[nH]1)C(=O)c1ccc2c(c1)S(=O)(=O)c1ccccc1C2=O. The Balaban J connectivity index is 1.54. The molecule has 0 saturated carbocycles. The van der Waals surface area contributed by atoms with Crippen molar-refractivity contribution in [3.05, 3.63) is 99.6 Å². The number of nitrogens with zero attached hydrogens (tertiary/aromatic N) is 2. The second-order valence-corrected chi connectivity index (χ2v) is 10.5. The van der Waals surface area contributed by atoms with Gasteiger partial charge >= 0.3 is 0 Å². The first-order valence-corrected chi connectivity index (χ1v) is 12.5. The number of nitrogens with one attached hydrogen (secondary N) is 1. The van der Waals surface area contributed by atoms with Crippen LogP contribution in [0.1, 0.15) is 46.0 Å². The smallest absolute Gasteiger partial charge is 0.258 e. The van der Waals surface area contributed by atoms with Gasteiger partial charge in [0.2, 0.25) is 9.84 Å². The minimum absolute atomic E-state index is 0.0160. The number of aromatic nitrogens is 2. The van der Waals surface area contributed by atoms with Gasteiger partial charge in [0.25, 0.3) is 11.5 Å². The molecule has 0 unspecified atom stereocenters. The molecule has 0 saturated heterocycles. The molecule has 0 atom stereocenters. The fraction of sp³-hybridized carbons (Fsp3) is 0.154. The molecular formula is C26H21N3O5S. The van der Waals surface area contributed by atoms with Gasteiger partial charge in [0.05, 0.1) is 27.2 Å². The second kappa shape index (κ2) is 8.28. The number of benzene rings is 3. The molecule has 0 aliphatic carbocycles. The zero-order valence-corrected chi connectivity index (χ0v) is 19.8. The fourth-order valence-corrected chi connectivity index (χ4v) is 5.92. The average molecular weight is 488 g/mol. The quantitative estimate of drug-likeness (QED) is 0.415. The van der Waals surface area contributed by atoms with Crippen LogP contribution in [-0.4, -0.2) is 41.0 Å². The Morgan fingerprint density at radius 2 is 1.63 bits per heavy atom. The lowest BCUT2D eigenvalue weighted by atomic mass is 10.0. The summed E-state index contributed by atoms with van der Waals surface area (Å²) in [6.07, 6.45) is 0. The predicted octanol–water partition coefficient (Wildman–Crippen LogP) is 3.35. The molecule has 5 rings (SSSR count). The highest BCUT2D eigenvalue weighted by Crippen LogP contribution is 2.35. The number of fused-ring (bicyclic) bond motifs is 3. The number of hydrogen-bond donors (Lipinski definition) is 1. The van der Waals surface area contributed by atoms with Crippen LogP contribution in [0.15, 0.2) is 81.3 Å². The van der Waals surface area contributed by atoms with Crippen LogP contribution in [0.5, 0.6) is 0 Å². The molecule has 8 nitrogen and oxygen atoms in total. The third-order valence-corrected chi connectivity index (χ3v) is 7.90. The van der Waals surface area contributed by atoms with Gasteiger partial charge in [0, 0.05) is 22.7 Å². The number of hydrogen-bond acceptors (Lipinski definition) is 6. The largest absolute Gasteiger partial charge is 0.329 e. The van der Waals surface area contributed by atoms with Crippen LogP contribution in [0.3, 0.4) is 0 Å². The van der Waals surface area contributed by atoms with Crippen LogP contribution in [0.2, 0.25) is 0 Å². The van der Waals surface area contributed by atoms with Crippen LogP contribution in [0, 0.1) is 0 Å². The van der Waals surface area contributed by atoms with E-state index in [0.717, 1.165) is 0 Å². The van der Waals surface area contributed by atoms with E-state index >= 15 is 0 Å². The summed E-state index contributed by atoms with van der Waals surface area (Å²) < 4.78 is 26.5. The molecular weight excluding hydrogens is 466 g/mol. The molecule has 0 spiro atoms. The summed E-state index contributed by atoms with van der Waals surface area (Å²) >= 11 is 0. The third-order valence-electron chi connectivity index (χ3n) is 6.05. The predicted molar refractivity (Wildman–Crippen MR) is 129 cm³/mol. The Morgan fingerprint density at radius 1 is 0.943 bits per heavy atom. The minimum atomic E-state index is -3.98. The third kappa shape index (κ3) is 3.74. The molecule has 1 N–H and O–H groups in total. The molecule has 3 aromatic carbocycles. The number of carbonyl (C=O) groups excluding carboxylic acids is 2. The highest BCUT2D eigenvalue weighted by atomic mass is 32.2. The number of aromatic amines is 1. The van der Waals surface area contributed by atoms with Crippen molar-refractivity contribution in [3.63, 3.8) is 0 Å². The molecule has 9 heteroatoms. The van der Waals surface area contributed by atoms with Crippen LogP contribution in [0.4, 0.5) is 0 Å². The lowest BCUT2D eigenvalue weighted by Gasteiger charge is -2.27. The van der Waals surface area contributed by atoms with Crippen molar-refractivity contribution < 1.29 is 18.0 Å². The summed E-state index contributed by atoms with van der Waals surface area (Å²) in [6.45, 7) is 3.64. The molecule has 35 heavy (non-hydrogen) atoms. The number of H-pyrrole nitrogens is 1. The van der Waals surface area contributed by atoms with E-state index in [1.807, 2.05) is 13.8 Å². The van der Waals surface area contributed by atoms with E-state index < -0.39 is 21.5 Å². The highest BCUT2D eigenvalue weighted by Gasteiger charge is 2.35. The summed E-state index contributed by atoms with van der Waals surface area (Å²) in [5.41, 5.74) is 0.487. The zero-order valence-electron chi connectivity index (χ0n) is 19.0. The second-order valence-electron chi connectivity index (χ2n) is 8.60. The monoisotopic (exact) mass is 487 g/mol. The number of para-hydroxylation sites is 1. The van der Waals surface area contributed by atoms with E-state index in [1.54, 1.807) is 36.4 Å². The van der Waals surface area contributed by atoms with E-state index in [0.29, 0.717) is 16.7 Å². The fourth-order valence-electron chi connectivity index (χ4n) is 4.24. The number of carbonyl (C=O) groups is 2. The maximum atomic E-state index is 13.5. The van der Waals surface area contributed by atoms with Crippen molar-refractivity contribution in [2.75, 3.05) is 0 Å². The van der Waals surface area contributed by atoms with Crippen LogP contribution in [-0.2, 0) is 16.4 Å². The molecule has 0 fully saturated rings. The first-order chi connectivity index (χ1) is 16.7. The Labute approximate surface area is 201 Å². The van der Waals surface area contributed by atoms with Gasteiger partial charge in [-0.2, -0.15) is 0 Å². The molecule has 176 valence electrons. The topological polar surface area (TPSA) is 117 Å². The standard InChI is InChI=1S/C26H21N3O5S/c1-15(2)29(14-23-27-20-9-5-3-7-17(20)25(31)28-23)26(32)16-11-12-19-22(13-16)35(33,34)21-10-6-4-8-18(21)24(19)30/h3-13,15H,14H2,1-2H3,(H,27,28,31). The van der Waals surface area contributed by atoms with Gasteiger partial charge in [0.1, 0.15) is 5.82 Å². The van der Waals surface area contributed by atoms with Crippen LogP contribution >= 0.6 is 0 Å². The van der Waals surface area contributed by atoms with E-state index in [1.165, 1.54) is 35.2 Å². The lowest BCUT2D eigenvalue weighted by molar-refractivity contribution is 0.0684. The lowest BCUT2D eigenvalue weighted by Crippen LogP contribution is -2.37. The first kappa shape index (κ1) is 22.7. The Bertz CT molecular complexity index is 1690. The van der Waals surface area contributed by atoms with Crippen molar-refractivity contribution >= 4 is 32.4 Å². The van der Waals surface area contributed by atoms with Crippen molar-refractivity contribution in [2.24, 2.45) is 0 Å². The molecule has 1 amide bonds. The molecule has 0 bridgehead atoms. The number of rotatable bonds is 4. The molecule has 1 aliphatic heterocycles. The van der Waals surface area contributed by atoms with Gasteiger partial charge in [-0.05, 0) is 56.3 Å². The molecule has 4 aromatic rings. The van der Waals surface area contributed by atoms with E-state index in [-0.39, 0.29) is 44.6 Å². The number of ketones is 1. The van der Waals surface area contributed by atoms with Crippen molar-refractivity contribution in [2.45, 2.75) is 36.2 Å². The Hall–Kier alpha value is -4.11. The normalized spacial score (nSPS) is 14.0. The maximum absolute atomic E-state index is 13.5. The Kier molecular flexibility index (Phi) is 5.36. The summed E-state index contributed by atoms with van der Waals surface area (Å²) in [4.78, 5) is 47.3. The van der Waals surface area contributed by atoms with Crippen molar-refractivity contribution in [1.82, 2.24) is 14.9 Å². The highest BCUT2D eigenvalue weighted by molar-refractivity contribution is 7.91. The number of sulfone groups is 1. The number of amides is 1. The van der Waals surface area contributed by atoms with E-state index in [4.69, 9.17) is 0 Å². The summed E-state index contributed by atoms with van der Waals surface area (Å²) in [5, 5.41) is 0.448. The maximum Gasteiger partial charge on any atom is 0.258 e. The van der Waals surface area contributed by atoms with E-state index in [2.05, 4.69) is 9.97 Å². The van der Waals surface area contributed by atoms with Gasteiger partial charge in [-0.1, -0.05) is 24.3 Å². The van der Waals surface area contributed by atoms with Gasteiger partial charge in [-0.3, -0.25) is 14.4 Å². The zero-order chi connectivity index (χ0) is 24.9. The molecule has 1 aromatic heterocycles. The van der Waals surface area contributed by atoms with Gasteiger partial charge < -0.3 is 9.88 Å². The summed E-state index contributed by atoms with van der Waals surface area (Å²) in [7, 11) is -3.98. The van der Waals surface area contributed by atoms with E-state index in [9.17, 15) is 22.8 Å². The van der Waals surface area contributed by atoms with Crippen LogP contribution < -0.4 is 5.56 Å².